The third-order valence-corrected chi connectivity index (χ3v) is 5.28. The van der Waals surface area contributed by atoms with Crippen molar-refractivity contribution < 1.29 is 14.1 Å². The zero-order valence-electron chi connectivity index (χ0n) is 18.2. The van der Waals surface area contributed by atoms with Gasteiger partial charge in [-0.05, 0) is 48.0 Å². The Morgan fingerprint density at radius 3 is 2.59 bits per heavy atom. The fraction of sp³-hybridized carbons (Fsp3) is 0.154. The first-order valence-electron chi connectivity index (χ1n) is 10.7. The van der Waals surface area contributed by atoms with Crippen LogP contribution in [0.5, 0.6) is 5.75 Å². The number of aromatic nitrogens is 2. The summed E-state index contributed by atoms with van der Waals surface area (Å²) in [5.74, 6) is 1.36. The Bertz CT molecular complexity index is 1290. The number of anilines is 1. The van der Waals surface area contributed by atoms with Gasteiger partial charge in [0, 0.05) is 34.7 Å². The zero-order chi connectivity index (χ0) is 23.8. The Morgan fingerprint density at radius 1 is 1.06 bits per heavy atom. The van der Waals surface area contributed by atoms with Crippen LogP contribution in [0, 0.1) is 11.3 Å². The maximum absolute atomic E-state index is 12.5. The van der Waals surface area contributed by atoms with E-state index in [4.69, 9.17) is 26.1 Å². The Labute approximate surface area is 201 Å². The Hall–Kier alpha value is -4.15. The third-order valence-electron chi connectivity index (χ3n) is 5.03. The molecular formula is C26H21ClN4O3. The highest BCUT2D eigenvalue weighted by Gasteiger charge is 2.12. The summed E-state index contributed by atoms with van der Waals surface area (Å²) in [5, 5.41) is 16.3. The molecule has 0 saturated heterocycles. The zero-order valence-corrected chi connectivity index (χ0v) is 19.0. The van der Waals surface area contributed by atoms with Crippen LogP contribution >= 0.6 is 11.6 Å². The fourth-order valence-corrected chi connectivity index (χ4v) is 3.36. The lowest BCUT2D eigenvalue weighted by atomic mass is 10.1. The number of ether oxygens (including phenoxy) is 1. The summed E-state index contributed by atoms with van der Waals surface area (Å²) in [7, 11) is 0. The van der Waals surface area contributed by atoms with Crippen molar-refractivity contribution in [3.8, 4) is 23.2 Å². The molecule has 4 aromatic rings. The number of nitriles is 1. The molecule has 0 spiro atoms. The second-order valence-electron chi connectivity index (χ2n) is 7.49. The topological polar surface area (TPSA) is 101 Å². The number of halogens is 1. The minimum atomic E-state index is -0.167. The van der Waals surface area contributed by atoms with E-state index >= 15 is 0 Å². The van der Waals surface area contributed by atoms with E-state index in [0.717, 1.165) is 16.7 Å². The number of para-hydroxylation sites is 1. The third kappa shape index (κ3) is 6.21. The number of carbonyl (C=O) groups is 1. The highest BCUT2D eigenvalue weighted by atomic mass is 35.5. The van der Waals surface area contributed by atoms with E-state index in [1.54, 1.807) is 12.1 Å². The number of amides is 1. The van der Waals surface area contributed by atoms with Gasteiger partial charge >= 0.3 is 0 Å². The number of nitrogens with zero attached hydrogens (tertiary/aromatic N) is 3. The van der Waals surface area contributed by atoms with Gasteiger partial charge in [0.15, 0.2) is 0 Å². The van der Waals surface area contributed by atoms with Crippen LogP contribution < -0.4 is 10.1 Å². The molecule has 0 unspecified atom stereocenters. The molecule has 1 aromatic heterocycles. The molecule has 8 heteroatoms. The first-order valence-corrected chi connectivity index (χ1v) is 11.0. The molecule has 0 atom stereocenters. The number of benzene rings is 3. The van der Waals surface area contributed by atoms with Crippen LogP contribution in [0.3, 0.4) is 0 Å². The Kier molecular flexibility index (Phi) is 7.53. The van der Waals surface area contributed by atoms with E-state index in [1.807, 2.05) is 60.7 Å². The number of aryl methyl sites for hydroxylation is 1. The van der Waals surface area contributed by atoms with Gasteiger partial charge < -0.3 is 14.6 Å². The van der Waals surface area contributed by atoms with Gasteiger partial charge in [0.2, 0.25) is 17.6 Å². The summed E-state index contributed by atoms with van der Waals surface area (Å²) in [5.41, 5.74) is 3.25. The molecule has 7 nitrogen and oxygen atoms in total. The maximum Gasteiger partial charge on any atom is 0.227 e. The van der Waals surface area contributed by atoms with Gasteiger partial charge in [-0.2, -0.15) is 10.2 Å². The smallest absolute Gasteiger partial charge is 0.227 e. The molecule has 1 N–H and O–H groups in total. The van der Waals surface area contributed by atoms with Gasteiger partial charge in [0.1, 0.15) is 12.4 Å². The molecule has 1 amide bonds. The van der Waals surface area contributed by atoms with Crippen LogP contribution in [0.25, 0.3) is 11.4 Å². The van der Waals surface area contributed by atoms with E-state index in [-0.39, 0.29) is 12.3 Å². The van der Waals surface area contributed by atoms with Crippen molar-refractivity contribution in [1.82, 2.24) is 10.1 Å². The predicted octanol–water partition coefficient (Wildman–Crippen LogP) is 5.61. The number of hydrogen-bond acceptors (Lipinski definition) is 6. The molecule has 0 fully saturated rings. The first-order chi connectivity index (χ1) is 16.6. The fourth-order valence-electron chi connectivity index (χ4n) is 3.23. The molecule has 170 valence electrons. The minimum Gasteiger partial charge on any atom is -0.489 e. The molecule has 1 heterocycles. The summed E-state index contributed by atoms with van der Waals surface area (Å²) >= 11 is 5.91. The van der Waals surface area contributed by atoms with Gasteiger partial charge in [-0.15, -0.1) is 0 Å². The maximum atomic E-state index is 12.5. The quantitative estimate of drug-likeness (QED) is 0.340. The molecule has 0 aliphatic rings. The molecule has 3 aromatic carbocycles. The summed E-state index contributed by atoms with van der Waals surface area (Å²) in [6.45, 7) is 0.294. The standard InChI is InChI=1S/C26H21ClN4O3/c27-21-9-7-19(8-10-21)26-30-25(34-31-26)14-13-24(32)29-23-4-2-1-3-20(23)17-33-22-11-5-18(6-12-22)15-16-28/h1-12H,13-15,17H2,(H,29,32). The second-order valence-corrected chi connectivity index (χ2v) is 7.93. The SMILES string of the molecule is N#CCc1ccc(OCc2ccccc2NC(=O)CCc2nc(-c3ccc(Cl)cc3)no2)cc1. The molecule has 0 bridgehead atoms. The van der Waals surface area contributed by atoms with Crippen molar-refractivity contribution in [2.75, 3.05) is 5.32 Å². The normalized spacial score (nSPS) is 10.5. The lowest BCUT2D eigenvalue weighted by Crippen LogP contribution is -2.14. The summed E-state index contributed by atoms with van der Waals surface area (Å²) < 4.78 is 11.1. The van der Waals surface area contributed by atoms with Crippen LogP contribution in [0.1, 0.15) is 23.4 Å². The van der Waals surface area contributed by atoms with Crippen molar-refractivity contribution in [3.63, 3.8) is 0 Å². The van der Waals surface area contributed by atoms with Crippen LogP contribution in [0.4, 0.5) is 5.69 Å². The lowest BCUT2D eigenvalue weighted by molar-refractivity contribution is -0.116. The molecule has 0 aliphatic heterocycles. The van der Waals surface area contributed by atoms with Crippen molar-refractivity contribution in [2.45, 2.75) is 25.9 Å². The average molecular weight is 473 g/mol. The van der Waals surface area contributed by atoms with E-state index in [0.29, 0.717) is 47.6 Å². The monoisotopic (exact) mass is 472 g/mol. The average Bonchev–Trinajstić information content (AvgIpc) is 3.33. The van der Waals surface area contributed by atoms with Gasteiger partial charge in [-0.3, -0.25) is 4.79 Å². The lowest BCUT2D eigenvalue weighted by Gasteiger charge is -2.12. The van der Waals surface area contributed by atoms with Gasteiger partial charge in [-0.25, -0.2) is 0 Å². The number of carbonyl (C=O) groups excluding carboxylic acids is 1. The predicted molar refractivity (Wildman–Crippen MR) is 128 cm³/mol. The van der Waals surface area contributed by atoms with Crippen LogP contribution in [-0.2, 0) is 24.2 Å². The van der Waals surface area contributed by atoms with E-state index < -0.39 is 0 Å². The molecule has 34 heavy (non-hydrogen) atoms. The summed E-state index contributed by atoms with van der Waals surface area (Å²) in [4.78, 5) is 16.9. The van der Waals surface area contributed by atoms with Crippen LogP contribution in [0.2, 0.25) is 5.02 Å². The number of rotatable bonds is 9. The summed E-state index contributed by atoms with van der Waals surface area (Å²) in [6.07, 6.45) is 0.874. The van der Waals surface area contributed by atoms with Crippen molar-refractivity contribution >= 4 is 23.2 Å². The van der Waals surface area contributed by atoms with E-state index in [9.17, 15) is 4.79 Å². The Balaban J connectivity index is 1.31. The molecule has 0 radical (unpaired) electrons. The summed E-state index contributed by atoms with van der Waals surface area (Å²) in [6, 6.07) is 24.1. The van der Waals surface area contributed by atoms with E-state index in [1.165, 1.54) is 0 Å². The second kappa shape index (κ2) is 11.1. The Morgan fingerprint density at radius 2 is 1.82 bits per heavy atom. The van der Waals surface area contributed by atoms with Crippen molar-refractivity contribution in [3.05, 3.63) is 94.8 Å². The van der Waals surface area contributed by atoms with E-state index in [2.05, 4.69) is 21.5 Å². The molecule has 0 aliphatic carbocycles. The van der Waals surface area contributed by atoms with Crippen molar-refractivity contribution in [2.24, 2.45) is 0 Å². The molecule has 0 saturated carbocycles. The highest BCUT2D eigenvalue weighted by Crippen LogP contribution is 2.21. The number of hydrogen-bond donors (Lipinski definition) is 1. The van der Waals surface area contributed by atoms with Crippen molar-refractivity contribution in [1.29, 1.82) is 5.26 Å². The minimum absolute atomic E-state index is 0.167. The van der Waals surface area contributed by atoms with Gasteiger partial charge in [-0.1, -0.05) is 47.1 Å². The van der Waals surface area contributed by atoms with Crippen LogP contribution in [0.15, 0.2) is 77.3 Å². The van der Waals surface area contributed by atoms with Gasteiger partial charge in [0.25, 0.3) is 0 Å². The first kappa shape index (κ1) is 23.0. The van der Waals surface area contributed by atoms with Crippen LogP contribution in [-0.4, -0.2) is 16.0 Å². The molecule has 4 rings (SSSR count). The van der Waals surface area contributed by atoms with Gasteiger partial charge in [0.05, 0.1) is 12.5 Å². The largest absolute Gasteiger partial charge is 0.489 e. The molecular weight excluding hydrogens is 452 g/mol. The number of nitrogens with one attached hydrogen (secondary N) is 1. The highest BCUT2D eigenvalue weighted by molar-refractivity contribution is 6.30.